The molecule has 2 aromatic heterocycles. The van der Waals surface area contributed by atoms with Crippen LogP contribution in [0.2, 0.25) is 0 Å². The third-order valence-corrected chi connectivity index (χ3v) is 3.36. The molecular formula is C16H11F3N4O3. The van der Waals surface area contributed by atoms with Crippen LogP contribution in [0, 0.1) is 0 Å². The molecule has 0 aliphatic rings. The molecule has 0 aliphatic carbocycles. The summed E-state index contributed by atoms with van der Waals surface area (Å²) in [5, 5.41) is 11.3. The molecule has 0 bridgehead atoms. The van der Waals surface area contributed by atoms with Crippen molar-refractivity contribution in [2.24, 2.45) is 0 Å². The number of anilines is 2. The zero-order valence-electron chi connectivity index (χ0n) is 12.9. The lowest BCUT2D eigenvalue weighted by Gasteiger charge is -2.06. The minimum Gasteiger partial charge on any atom is -0.431 e. The van der Waals surface area contributed by atoms with Crippen molar-refractivity contribution in [3.63, 3.8) is 0 Å². The maximum absolute atomic E-state index is 12.6. The molecule has 3 N–H and O–H groups in total. The first-order valence-electron chi connectivity index (χ1n) is 7.17. The highest BCUT2D eigenvalue weighted by molar-refractivity contribution is 5.91. The fraction of sp³-hybridized carbons (Fsp3) is 0.0625. The molecule has 1 amide bonds. The summed E-state index contributed by atoms with van der Waals surface area (Å²) >= 11 is 0. The van der Waals surface area contributed by atoms with Crippen LogP contribution in [0.15, 0.2) is 53.3 Å². The van der Waals surface area contributed by atoms with E-state index in [2.05, 4.69) is 15.3 Å². The number of nitrogens with one attached hydrogen (secondary N) is 2. The van der Waals surface area contributed by atoms with E-state index in [1.54, 1.807) is 0 Å². The van der Waals surface area contributed by atoms with E-state index in [0.717, 1.165) is 12.1 Å². The first kappa shape index (κ1) is 17.4. The van der Waals surface area contributed by atoms with Gasteiger partial charge in [0.05, 0.1) is 17.4 Å². The van der Waals surface area contributed by atoms with Gasteiger partial charge in [-0.1, -0.05) is 12.1 Å². The number of halogens is 3. The van der Waals surface area contributed by atoms with Crippen molar-refractivity contribution < 1.29 is 27.6 Å². The molecule has 10 heteroatoms. The lowest BCUT2D eigenvalue weighted by Crippen LogP contribution is -2.19. The molecule has 0 saturated heterocycles. The summed E-state index contributed by atoms with van der Waals surface area (Å²) in [5.41, 5.74) is 2.00. The van der Waals surface area contributed by atoms with Gasteiger partial charge in [0.2, 0.25) is 0 Å². The number of nitrogens with zero attached hydrogens (tertiary/aromatic N) is 2. The second-order valence-corrected chi connectivity index (χ2v) is 5.11. The highest BCUT2D eigenvalue weighted by atomic mass is 19.4. The molecule has 0 aliphatic heterocycles. The zero-order chi connectivity index (χ0) is 18.7. The maximum atomic E-state index is 12.6. The molecule has 134 valence electrons. The van der Waals surface area contributed by atoms with E-state index in [0.29, 0.717) is 16.9 Å². The molecular weight excluding hydrogens is 353 g/mol. The summed E-state index contributed by atoms with van der Waals surface area (Å²) in [7, 11) is 0. The Morgan fingerprint density at radius 2 is 1.85 bits per heavy atom. The van der Waals surface area contributed by atoms with Gasteiger partial charge in [0.15, 0.2) is 0 Å². The van der Waals surface area contributed by atoms with Gasteiger partial charge in [0.25, 0.3) is 11.9 Å². The highest BCUT2D eigenvalue weighted by Gasteiger charge is 2.30. The van der Waals surface area contributed by atoms with E-state index in [9.17, 15) is 18.0 Å². The Hall–Kier alpha value is -3.40. The molecule has 2 heterocycles. The molecule has 1 aromatic carbocycles. The number of carbonyl (C=O) groups is 1. The third kappa shape index (κ3) is 3.81. The average molecular weight is 364 g/mol. The van der Waals surface area contributed by atoms with Crippen molar-refractivity contribution in [3.8, 4) is 11.3 Å². The third-order valence-electron chi connectivity index (χ3n) is 3.36. The predicted molar refractivity (Wildman–Crippen MR) is 83.7 cm³/mol. The molecule has 0 atom stereocenters. The van der Waals surface area contributed by atoms with E-state index in [1.807, 2.05) is 0 Å². The Morgan fingerprint density at radius 3 is 2.42 bits per heavy atom. The van der Waals surface area contributed by atoms with Gasteiger partial charge in [-0.3, -0.25) is 10.0 Å². The number of hydrogen-bond acceptors (Lipinski definition) is 6. The minimum absolute atomic E-state index is 0.0101. The van der Waals surface area contributed by atoms with Crippen LogP contribution in [0.4, 0.5) is 24.9 Å². The average Bonchev–Trinajstić information content (AvgIpc) is 3.09. The molecule has 0 radical (unpaired) electrons. The molecule has 0 fully saturated rings. The first-order chi connectivity index (χ1) is 12.4. The van der Waals surface area contributed by atoms with Gasteiger partial charge < -0.3 is 9.73 Å². The van der Waals surface area contributed by atoms with Crippen LogP contribution >= 0.6 is 0 Å². The quantitative estimate of drug-likeness (QED) is 0.483. The van der Waals surface area contributed by atoms with E-state index in [1.165, 1.54) is 42.2 Å². The second kappa shape index (κ2) is 6.84. The normalized spacial score (nSPS) is 11.2. The monoisotopic (exact) mass is 364 g/mol. The van der Waals surface area contributed by atoms with Crippen molar-refractivity contribution >= 4 is 17.6 Å². The number of aromatic nitrogens is 2. The predicted octanol–water partition coefficient (Wildman–Crippen LogP) is 3.62. The van der Waals surface area contributed by atoms with Crippen LogP contribution in [0.5, 0.6) is 0 Å². The number of carbonyl (C=O) groups excluding carboxylic acids is 1. The fourth-order valence-corrected chi connectivity index (χ4v) is 2.08. The maximum Gasteiger partial charge on any atom is 0.416 e. The Labute approximate surface area is 144 Å². The Kier molecular flexibility index (Phi) is 4.59. The van der Waals surface area contributed by atoms with E-state index in [-0.39, 0.29) is 11.7 Å². The molecule has 3 rings (SSSR count). The number of hydroxylamine groups is 1. The molecule has 0 spiro atoms. The Bertz CT molecular complexity index is 906. The van der Waals surface area contributed by atoms with Crippen LogP contribution in [-0.2, 0) is 6.18 Å². The number of amides is 1. The van der Waals surface area contributed by atoms with E-state index < -0.39 is 17.6 Å². The number of rotatable bonds is 4. The number of hydrogen-bond donors (Lipinski definition) is 3. The largest absolute Gasteiger partial charge is 0.431 e. The van der Waals surface area contributed by atoms with Crippen LogP contribution in [0.25, 0.3) is 11.3 Å². The highest BCUT2D eigenvalue weighted by Crippen LogP contribution is 2.31. The summed E-state index contributed by atoms with van der Waals surface area (Å²) < 4.78 is 43.0. The lowest BCUT2D eigenvalue weighted by molar-refractivity contribution is -0.137. The van der Waals surface area contributed by atoms with Gasteiger partial charge in [-0.05, 0) is 24.3 Å². The fourth-order valence-electron chi connectivity index (χ4n) is 2.08. The standard InChI is InChI=1S/C16H11F3N4O3/c17-16(18,19)10-3-1-9(2-4-10)13-8-26-15(22-13)21-11-5-6-12(20-7-11)14(24)23-25/h1-8,25H,(H,21,22)(H,23,24). The molecule has 3 aromatic rings. The van der Waals surface area contributed by atoms with Gasteiger partial charge in [-0.2, -0.15) is 18.2 Å². The summed E-state index contributed by atoms with van der Waals surface area (Å²) in [6.45, 7) is 0. The minimum atomic E-state index is -4.40. The van der Waals surface area contributed by atoms with Crippen molar-refractivity contribution in [1.29, 1.82) is 0 Å². The van der Waals surface area contributed by atoms with E-state index >= 15 is 0 Å². The van der Waals surface area contributed by atoms with Gasteiger partial charge in [-0.15, -0.1) is 0 Å². The van der Waals surface area contributed by atoms with Crippen LogP contribution in [-0.4, -0.2) is 21.1 Å². The van der Waals surface area contributed by atoms with Gasteiger partial charge in [-0.25, -0.2) is 10.5 Å². The van der Waals surface area contributed by atoms with Crippen LogP contribution in [0.1, 0.15) is 16.1 Å². The SMILES string of the molecule is O=C(NO)c1ccc(Nc2nc(-c3ccc(C(F)(F)F)cc3)co2)cn1. The Morgan fingerprint density at radius 1 is 1.12 bits per heavy atom. The zero-order valence-corrected chi connectivity index (χ0v) is 12.9. The van der Waals surface area contributed by atoms with Crippen molar-refractivity contribution in [2.45, 2.75) is 6.18 Å². The molecule has 0 unspecified atom stereocenters. The van der Waals surface area contributed by atoms with Crippen LogP contribution < -0.4 is 10.8 Å². The number of oxazole rings is 1. The summed E-state index contributed by atoms with van der Waals surface area (Å²) in [6, 6.07) is 7.51. The lowest BCUT2D eigenvalue weighted by atomic mass is 10.1. The van der Waals surface area contributed by atoms with Crippen molar-refractivity contribution in [3.05, 3.63) is 60.1 Å². The Balaban J connectivity index is 1.73. The van der Waals surface area contributed by atoms with Crippen molar-refractivity contribution in [1.82, 2.24) is 15.4 Å². The molecule has 0 saturated carbocycles. The number of pyridine rings is 1. The summed E-state index contributed by atoms with van der Waals surface area (Å²) in [5.74, 6) is -0.753. The summed E-state index contributed by atoms with van der Waals surface area (Å²) in [4.78, 5) is 19.2. The topological polar surface area (TPSA) is 100 Å². The van der Waals surface area contributed by atoms with Gasteiger partial charge >= 0.3 is 6.18 Å². The molecule has 7 nitrogen and oxygen atoms in total. The number of alkyl halides is 3. The smallest absolute Gasteiger partial charge is 0.416 e. The van der Waals surface area contributed by atoms with Crippen molar-refractivity contribution in [2.75, 3.05) is 5.32 Å². The summed E-state index contributed by atoms with van der Waals surface area (Å²) in [6.07, 6.45) is -1.78. The van der Waals surface area contributed by atoms with Crippen LogP contribution in [0.3, 0.4) is 0 Å². The van der Waals surface area contributed by atoms with E-state index in [4.69, 9.17) is 9.62 Å². The second-order valence-electron chi connectivity index (χ2n) is 5.11. The number of benzene rings is 1. The van der Waals surface area contributed by atoms with Gasteiger partial charge in [0.1, 0.15) is 17.7 Å². The first-order valence-corrected chi connectivity index (χ1v) is 7.17. The van der Waals surface area contributed by atoms with Gasteiger partial charge in [0, 0.05) is 5.56 Å². The molecule has 26 heavy (non-hydrogen) atoms.